The van der Waals surface area contributed by atoms with Crippen molar-refractivity contribution in [3.05, 3.63) is 0 Å². The average Bonchev–Trinajstić information content (AvgIpc) is 2.52. The van der Waals surface area contributed by atoms with Gasteiger partial charge in [-0.15, -0.1) is 0 Å². The second-order valence-electron chi connectivity index (χ2n) is 6.18. The lowest BCUT2D eigenvalue weighted by Gasteiger charge is -2.43. The molecule has 0 aromatic carbocycles. The minimum Gasteiger partial charge on any atom is -0.481 e. The zero-order valence-electron chi connectivity index (χ0n) is 10.7. The summed E-state index contributed by atoms with van der Waals surface area (Å²) >= 11 is 0. The van der Waals surface area contributed by atoms with Crippen molar-refractivity contribution in [2.24, 2.45) is 23.0 Å². The van der Waals surface area contributed by atoms with Crippen LogP contribution in [0.15, 0.2) is 0 Å². The summed E-state index contributed by atoms with van der Waals surface area (Å²) in [5.74, 6) is 0.919. The van der Waals surface area contributed by atoms with Crippen LogP contribution < -0.4 is 5.73 Å². The van der Waals surface area contributed by atoms with Gasteiger partial charge in [0.1, 0.15) is 0 Å². The Morgan fingerprint density at radius 2 is 1.88 bits per heavy atom. The number of carboxylic acid groups (broad SMARTS) is 1. The van der Waals surface area contributed by atoms with Crippen molar-refractivity contribution in [2.75, 3.05) is 6.54 Å². The number of hydrogen-bond donors (Lipinski definition) is 2. The van der Waals surface area contributed by atoms with E-state index in [0.717, 1.165) is 24.7 Å². The molecule has 0 amide bonds. The lowest BCUT2D eigenvalue weighted by atomic mass is 9.62. The number of aliphatic carboxylic acids is 1. The van der Waals surface area contributed by atoms with Crippen LogP contribution in [0.5, 0.6) is 0 Å². The third kappa shape index (κ3) is 3.01. The molecule has 2 rings (SSSR count). The van der Waals surface area contributed by atoms with Crippen molar-refractivity contribution in [3.63, 3.8) is 0 Å². The number of rotatable bonds is 3. The van der Waals surface area contributed by atoms with Crippen molar-refractivity contribution < 1.29 is 9.90 Å². The third-order valence-electron chi connectivity index (χ3n) is 5.02. The standard InChI is InChI=1S/C14H25NO2/c15-10-14(9-13(16)17)7-6-11-4-2-1-3-5-12(11)8-14/h11-12H,1-10,15H2,(H,16,17). The second-order valence-corrected chi connectivity index (χ2v) is 6.18. The lowest BCUT2D eigenvalue weighted by Crippen LogP contribution is -2.40. The highest BCUT2D eigenvalue weighted by Crippen LogP contribution is 2.48. The van der Waals surface area contributed by atoms with E-state index in [4.69, 9.17) is 10.8 Å². The van der Waals surface area contributed by atoms with E-state index in [9.17, 15) is 4.79 Å². The van der Waals surface area contributed by atoms with Gasteiger partial charge in [-0.2, -0.15) is 0 Å². The number of fused-ring (bicyclic) bond motifs is 1. The highest BCUT2D eigenvalue weighted by atomic mass is 16.4. The molecule has 3 heteroatoms. The summed E-state index contributed by atoms with van der Waals surface area (Å²) in [6.07, 6.45) is 10.3. The molecule has 0 aromatic rings. The Kier molecular flexibility index (Phi) is 4.08. The van der Waals surface area contributed by atoms with Crippen LogP contribution >= 0.6 is 0 Å². The predicted molar refractivity (Wildman–Crippen MR) is 67.7 cm³/mol. The highest BCUT2D eigenvalue weighted by Gasteiger charge is 2.41. The van der Waals surface area contributed by atoms with Crippen molar-refractivity contribution in [1.29, 1.82) is 0 Å². The molecule has 2 aliphatic rings. The first-order valence-corrected chi connectivity index (χ1v) is 7.07. The van der Waals surface area contributed by atoms with Gasteiger partial charge < -0.3 is 10.8 Å². The van der Waals surface area contributed by atoms with E-state index in [1.807, 2.05) is 0 Å². The topological polar surface area (TPSA) is 63.3 Å². The Hall–Kier alpha value is -0.570. The molecular weight excluding hydrogens is 214 g/mol. The van der Waals surface area contributed by atoms with Crippen LogP contribution in [-0.2, 0) is 4.79 Å². The molecule has 3 unspecified atom stereocenters. The molecular formula is C14H25NO2. The van der Waals surface area contributed by atoms with Gasteiger partial charge in [-0.3, -0.25) is 4.79 Å². The summed E-state index contributed by atoms with van der Waals surface area (Å²) in [5, 5.41) is 9.06. The number of hydrogen-bond acceptors (Lipinski definition) is 2. The summed E-state index contributed by atoms with van der Waals surface area (Å²) in [6, 6.07) is 0. The van der Waals surface area contributed by atoms with Crippen LogP contribution in [0, 0.1) is 17.3 Å². The zero-order valence-corrected chi connectivity index (χ0v) is 10.7. The Morgan fingerprint density at radius 1 is 1.18 bits per heavy atom. The van der Waals surface area contributed by atoms with Crippen molar-refractivity contribution in [1.82, 2.24) is 0 Å². The Morgan fingerprint density at radius 3 is 2.53 bits per heavy atom. The fraction of sp³-hybridized carbons (Fsp3) is 0.929. The average molecular weight is 239 g/mol. The van der Waals surface area contributed by atoms with Gasteiger partial charge in [0, 0.05) is 0 Å². The van der Waals surface area contributed by atoms with Gasteiger partial charge in [0.2, 0.25) is 0 Å². The fourth-order valence-corrected chi connectivity index (χ4v) is 4.00. The van der Waals surface area contributed by atoms with E-state index in [2.05, 4.69) is 0 Å². The van der Waals surface area contributed by atoms with E-state index in [1.165, 1.54) is 38.5 Å². The van der Waals surface area contributed by atoms with E-state index in [-0.39, 0.29) is 11.8 Å². The molecule has 98 valence electrons. The summed E-state index contributed by atoms with van der Waals surface area (Å²) in [5.41, 5.74) is 5.78. The molecule has 0 bridgehead atoms. The van der Waals surface area contributed by atoms with E-state index < -0.39 is 5.97 Å². The van der Waals surface area contributed by atoms with Gasteiger partial charge in [0.05, 0.1) is 6.42 Å². The highest BCUT2D eigenvalue weighted by molar-refractivity contribution is 5.67. The number of carboxylic acids is 1. The Labute approximate surface area is 104 Å². The maximum absolute atomic E-state index is 11.0. The van der Waals surface area contributed by atoms with Crippen molar-refractivity contribution in [2.45, 2.75) is 57.8 Å². The normalized spacial score (nSPS) is 38.2. The Balaban J connectivity index is 2.04. The summed E-state index contributed by atoms with van der Waals surface area (Å²) in [4.78, 5) is 11.0. The van der Waals surface area contributed by atoms with E-state index in [1.54, 1.807) is 0 Å². The van der Waals surface area contributed by atoms with Crippen LogP contribution in [0.25, 0.3) is 0 Å². The monoisotopic (exact) mass is 239 g/mol. The molecule has 0 heterocycles. The lowest BCUT2D eigenvalue weighted by molar-refractivity contribution is -0.140. The minimum atomic E-state index is -0.678. The van der Waals surface area contributed by atoms with Gasteiger partial charge in [0.15, 0.2) is 0 Å². The van der Waals surface area contributed by atoms with Gasteiger partial charge >= 0.3 is 5.97 Å². The maximum atomic E-state index is 11.0. The van der Waals surface area contributed by atoms with E-state index in [0.29, 0.717) is 6.54 Å². The predicted octanol–water partition coefficient (Wildman–Crippen LogP) is 2.79. The zero-order chi connectivity index (χ0) is 12.3. The molecule has 0 spiro atoms. The van der Waals surface area contributed by atoms with Crippen molar-refractivity contribution in [3.8, 4) is 0 Å². The van der Waals surface area contributed by atoms with Gasteiger partial charge in [-0.05, 0) is 43.1 Å². The molecule has 0 aliphatic heterocycles. The van der Waals surface area contributed by atoms with Crippen LogP contribution in [0.3, 0.4) is 0 Å². The Bertz CT molecular complexity index is 279. The smallest absolute Gasteiger partial charge is 0.303 e. The molecule has 0 saturated heterocycles. The summed E-state index contributed by atoms with van der Waals surface area (Å²) in [6.45, 7) is 0.544. The third-order valence-corrected chi connectivity index (χ3v) is 5.02. The van der Waals surface area contributed by atoms with Gasteiger partial charge in [-0.1, -0.05) is 32.1 Å². The van der Waals surface area contributed by atoms with E-state index >= 15 is 0 Å². The molecule has 17 heavy (non-hydrogen) atoms. The molecule has 0 aromatic heterocycles. The molecule has 3 N–H and O–H groups in total. The van der Waals surface area contributed by atoms with Gasteiger partial charge in [-0.25, -0.2) is 0 Å². The minimum absolute atomic E-state index is 0.0999. The largest absolute Gasteiger partial charge is 0.481 e. The summed E-state index contributed by atoms with van der Waals surface area (Å²) in [7, 11) is 0. The SMILES string of the molecule is NCC1(CC(=O)O)CCC2CCCCCC2C1. The molecule has 2 aliphatic carbocycles. The molecule has 3 atom stereocenters. The first-order valence-electron chi connectivity index (χ1n) is 7.07. The maximum Gasteiger partial charge on any atom is 0.303 e. The van der Waals surface area contributed by atoms with Crippen LogP contribution in [0.2, 0.25) is 0 Å². The van der Waals surface area contributed by atoms with Crippen LogP contribution in [0.4, 0.5) is 0 Å². The summed E-state index contributed by atoms with van der Waals surface area (Å²) < 4.78 is 0. The quantitative estimate of drug-likeness (QED) is 0.796. The van der Waals surface area contributed by atoms with Gasteiger partial charge in [0.25, 0.3) is 0 Å². The molecule has 0 radical (unpaired) electrons. The van der Waals surface area contributed by atoms with Crippen LogP contribution in [0.1, 0.15) is 57.8 Å². The first kappa shape index (κ1) is 12.9. The van der Waals surface area contributed by atoms with Crippen molar-refractivity contribution >= 4 is 5.97 Å². The van der Waals surface area contributed by atoms with Crippen LogP contribution in [-0.4, -0.2) is 17.6 Å². The first-order chi connectivity index (χ1) is 8.15. The number of carbonyl (C=O) groups is 1. The number of nitrogens with two attached hydrogens (primary N) is 1. The molecule has 3 nitrogen and oxygen atoms in total. The molecule has 2 fully saturated rings. The molecule has 2 saturated carbocycles. The second kappa shape index (κ2) is 5.38. The fourth-order valence-electron chi connectivity index (χ4n) is 4.00.